The van der Waals surface area contributed by atoms with E-state index in [1.807, 2.05) is 0 Å². The van der Waals surface area contributed by atoms with Crippen molar-refractivity contribution in [3.63, 3.8) is 0 Å². The average Bonchev–Trinajstić information content (AvgIpc) is 2.67. The highest BCUT2D eigenvalue weighted by molar-refractivity contribution is 7.89. The SMILES string of the molecule is Cc1nc2cc(S(=O)(=O)NCCC(C)C)ccc2o1. The molecule has 0 aliphatic carbocycles. The molecule has 1 aromatic heterocycles. The van der Waals surface area contributed by atoms with Crippen LogP contribution in [0.25, 0.3) is 11.1 Å². The lowest BCUT2D eigenvalue weighted by atomic mass is 10.1. The summed E-state index contributed by atoms with van der Waals surface area (Å²) >= 11 is 0. The van der Waals surface area contributed by atoms with Crippen LogP contribution >= 0.6 is 0 Å². The minimum Gasteiger partial charge on any atom is -0.441 e. The highest BCUT2D eigenvalue weighted by atomic mass is 32.2. The third-order valence-electron chi connectivity index (χ3n) is 2.79. The maximum atomic E-state index is 12.1. The van der Waals surface area contributed by atoms with Gasteiger partial charge in [-0.15, -0.1) is 0 Å². The van der Waals surface area contributed by atoms with Gasteiger partial charge in [0.1, 0.15) is 5.52 Å². The Kier molecular flexibility index (Phi) is 3.91. The van der Waals surface area contributed by atoms with Crippen molar-refractivity contribution in [2.75, 3.05) is 6.54 Å². The van der Waals surface area contributed by atoms with Crippen molar-refractivity contribution in [3.8, 4) is 0 Å². The third kappa shape index (κ3) is 3.33. The van der Waals surface area contributed by atoms with Gasteiger partial charge >= 0.3 is 0 Å². The second-order valence-corrected chi connectivity index (χ2v) is 6.71. The molecular formula is C13H18N2O3S. The lowest BCUT2D eigenvalue weighted by Gasteiger charge is -2.08. The van der Waals surface area contributed by atoms with Crippen LogP contribution in [0.4, 0.5) is 0 Å². The summed E-state index contributed by atoms with van der Waals surface area (Å²) < 4.78 is 32.1. The van der Waals surface area contributed by atoms with Crippen molar-refractivity contribution in [1.29, 1.82) is 0 Å². The summed E-state index contributed by atoms with van der Waals surface area (Å²) in [6, 6.07) is 4.69. The predicted molar refractivity (Wildman–Crippen MR) is 73.4 cm³/mol. The monoisotopic (exact) mass is 282 g/mol. The summed E-state index contributed by atoms with van der Waals surface area (Å²) in [6.07, 6.45) is 0.810. The van der Waals surface area contributed by atoms with Crippen LogP contribution in [-0.2, 0) is 10.0 Å². The maximum absolute atomic E-state index is 12.1. The number of aryl methyl sites for hydroxylation is 1. The molecule has 104 valence electrons. The molecule has 0 aliphatic heterocycles. The summed E-state index contributed by atoms with van der Waals surface area (Å²) in [5, 5.41) is 0. The fourth-order valence-corrected chi connectivity index (χ4v) is 2.82. The first-order chi connectivity index (χ1) is 8.88. The summed E-state index contributed by atoms with van der Waals surface area (Å²) in [5.74, 6) is 0.987. The van der Waals surface area contributed by atoms with Crippen LogP contribution in [0, 0.1) is 12.8 Å². The van der Waals surface area contributed by atoms with Gasteiger partial charge in [-0.05, 0) is 30.5 Å². The largest absolute Gasteiger partial charge is 0.441 e. The van der Waals surface area contributed by atoms with Gasteiger partial charge in [0.15, 0.2) is 11.5 Å². The molecule has 0 radical (unpaired) electrons. The normalized spacial score (nSPS) is 12.4. The Bertz CT molecular complexity index is 674. The second kappa shape index (κ2) is 5.30. The Morgan fingerprint density at radius 2 is 2.11 bits per heavy atom. The average molecular weight is 282 g/mol. The molecule has 5 nitrogen and oxygen atoms in total. The molecule has 0 saturated heterocycles. The van der Waals surface area contributed by atoms with Crippen LogP contribution in [0.15, 0.2) is 27.5 Å². The zero-order chi connectivity index (χ0) is 14.0. The Morgan fingerprint density at radius 3 is 2.79 bits per heavy atom. The van der Waals surface area contributed by atoms with Crippen molar-refractivity contribution in [2.24, 2.45) is 5.92 Å². The van der Waals surface area contributed by atoms with Gasteiger partial charge in [-0.2, -0.15) is 0 Å². The fraction of sp³-hybridized carbons (Fsp3) is 0.462. The van der Waals surface area contributed by atoms with Gasteiger partial charge in [0.05, 0.1) is 4.90 Å². The summed E-state index contributed by atoms with van der Waals surface area (Å²) in [7, 11) is -3.47. The Hall–Kier alpha value is -1.40. The van der Waals surface area contributed by atoms with E-state index in [9.17, 15) is 8.42 Å². The number of fused-ring (bicyclic) bond motifs is 1. The first-order valence-corrected chi connectivity index (χ1v) is 7.73. The number of nitrogens with zero attached hydrogens (tertiary/aromatic N) is 1. The van der Waals surface area contributed by atoms with Crippen LogP contribution in [0.2, 0.25) is 0 Å². The number of oxazole rings is 1. The van der Waals surface area contributed by atoms with Crippen LogP contribution in [0.3, 0.4) is 0 Å². The zero-order valence-electron chi connectivity index (χ0n) is 11.3. The summed E-state index contributed by atoms with van der Waals surface area (Å²) in [6.45, 7) is 6.28. The van der Waals surface area contributed by atoms with Crippen molar-refractivity contribution < 1.29 is 12.8 Å². The molecule has 0 amide bonds. The molecule has 6 heteroatoms. The van der Waals surface area contributed by atoms with E-state index in [1.165, 1.54) is 12.1 Å². The van der Waals surface area contributed by atoms with Gasteiger partial charge < -0.3 is 4.42 Å². The lowest BCUT2D eigenvalue weighted by molar-refractivity contribution is 0.551. The first kappa shape index (κ1) is 14.0. The summed E-state index contributed by atoms with van der Waals surface area (Å²) in [4.78, 5) is 4.36. The van der Waals surface area contributed by atoms with E-state index < -0.39 is 10.0 Å². The van der Waals surface area contributed by atoms with Gasteiger partial charge in [0.25, 0.3) is 0 Å². The molecule has 0 fully saturated rings. The molecular weight excluding hydrogens is 264 g/mol. The molecule has 1 N–H and O–H groups in total. The Labute approximate surface area is 113 Å². The maximum Gasteiger partial charge on any atom is 0.240 e. The number of benzene rings is 1. The lowest BCUT2D eigenvalue weighted by Crippen LogP contribution is -2.25. The smallest absolute Gasteiger partial charge is 0.240 e. The number of aromatic nitrogens is 1. The molecule has 0 saturated carbocycles. The van der Waals surface area contributed by atoms with Gasteiger partial charge in [0, 0.05) is 13.5 Å². The molecule has 0 bridgehead atoms. The second-order valence-electron chi connectivity index (χ2n) is 4.94. The van der Waals surface area contributed by atoms with Gasteiger partial charge in [-0.25, -0.2) is 18.1 Å². The minimum atomic E-state index is -3.47. The number of hydrogen-bond acceptors (Lipinski definition) is 4. The molecule has 0 spiro atoms. The van der Waals surface area contributed by atoms with Crippen molar-refractivity contribution in [3.05, 3.63) is 24.1 Å². The van der Waals surface area contributed by atoms with Crippen LogP contribution in [0.1, 0.15) is 26.2 Å². The Morgan fingerprint density at radius 1 is 1.37 bits per heavy atom. The topological polar surface area (TPSA) is 72.2 Å². The molecule has 1 aromatic carbocycles. The molecule has 19 heavy (non-hydrogen) atoms. The van der Waals surface area contributed by atoms with Crippen molar-refractivity contribution in [1.82, 2.24) is 9.71 Å². The molecule has 0 atom stereocenters. The van der Waals surface area contributed by atoms with E-state index in [2.05, 4.69) is 23.6 Å². The van der Waals surface area contributed by atoms with Crippen molar-refractivity contribution in [2.45, 2.75) is 32.1 Å². The van der Waals surface area contributed by atoms with E-state index in [1.54, 1.807) is 13.0 Å². The van der Waals surface area contributed by atoms with Crippen LogP contribution < -0.4 is 4.72 Å². The molecule has 1 heterocycles. The molecule has 0 aliphatic rings. The van der Waals surface area contributed by atoms with Gasteiger partial charge in [-0.1, -0.05) is 13.8 Å². The first-order valence-electron chi connectivity index (χ1n) is 6.25. The molecule has 2 aromatic rings. The highest BCUT2D eigenvalue weighted by Crippen LogP contribution is 2.19. The molecule has 0 unspecified atom stereocenters. The van der Waals surface area contributed by atoms with Crippen LogP contribution in [-0.4, -0.2) is 19.9 Å². The van der Waals surface area contributed by atoms with Crippen LogP contribution in [0.5, 0.6) is 0 Å². The van der Waals surface area contributed by atoms with E-state index >= 15 is 0 Å². The minimum absolute atomic E-state index is 0.219. The standard InChI is InChI=1S/C13H18N2O3S/c1-9(2)6-7-14-19(16,17)11-4-5-13-12(8-11)15-10(3)18-13/h4-5,8-9,14H,6-7H2,1-3H3. The zero-order valence-corrected chi connectivity index (χ0v) is 12.1. The third-order valence-corrected chi connectivity index (χ3v) is 4.25. The van der Waals surface area contributed by atoms with E-state index in [0.717, 1.165) is 6.42 Å². The highest BCUT2D eigenvalue weighted by Gasteiger charge is 2.15. The van der Waals surface area contributed by atoms with Crippen molar-refractivity contribution >= 4 is 21.1 Å². The number of rotatable bonds is 5. The quantitative estimate of drug-likeness (QED) is 0.914. The van der Waals surface area contributed by atoms with Gasteiger partial charge in [-0.3, -0.25) is 0 Å². The van der Waals surface area contributed by atoms with E-state index in [0.29, 0.717) is 29.5 Å². The Balaban J connectivity index is 2.22. The number of hydrogen-bond donors (Lipinski definition) is 1. The van der Waals surface area contributed by atoms with Gasteiger partial charge in [0.2, 0.25) is 10.0 Å². The number of nitrogens with one attached hydrogen (secondary N) is 1. The summed E-state index contributed by atoms with van der Waals surface area (Å²) in [5.41, 5.74) is 1.16. The fourth-order valence-electron chi connectivity index (χ4n) is 1.75. The van der Waals surface area contributed by atoms with E-state index in [-0.39, 0.29) is 4.90 Å². The number of sulfonamides is 1. The predicted octanol–water partition coefficient (Wildman–Crippen LogP) is 2.46. The molecule has 2 rings (SSSR count). The van der Waals surface area contributed by atoms with E-state index in [4.69, 9.17) is 4.42 Å².